The molecule has 1 aliphatic rings. The van der Waals surface area contributed by atoms with Gasteiger partial charge in [0.25, 0.3) is 0 Å². The summed E-state index contributed by atoms with van der Waals surface area (Å²) in [6, 6.07) is 10.8. The fraction of sp³-hybridized carbons (Fsp3) is 0.409. The molecular formula is C22H28N2O3S. The topological polar surface area (TPSA) is 66.5 Å². The first-order valence-corrected chi connectivity index (χ1v) is 11.3. The second-order valence-corrected chi connectivity index (χ2v) is 9.10. The molecule has 1 unspecified atom stereocenters. The van der Waals surface area contributed by atoms with E-state index in [0.717, 1.165) is 27.9 Å². The van der Waals surface area contributed by atoms with Crippen LogP contribution in [0.5, 0.6) is 0 Å². The highest BCUT2D eigenvalue weighted by molar-refractivity contribution is 7.89. The standard InChI is InChI=1S/C22H28N2O3S/c1-5-20(19-9-7-15(3)13-16(19)4)23-28(26,27)18-8-10-21-17(14-18)11-12-24(21)22(25)6-2/h7-10,13-14,20,23H,5-6,11-12H2,1-4H3. The normalized spacial score (nSPS) is 14.8. The number of nitrogens with zero attached hydrogens (tertiary/aromatic N) is 1. The Kier molecular flexibility index (Phi) is 5.91. The summed E-state index contributed by atoms with van der Waals surface area (Å²) in [6.07, 6.45) is 1.78. The van der Waals surface area contributed by atoms with Crippen LogP contribution in [0, 0.1) is 13.8 Å². The Hall–Kier alpha value is -2.18. The minimum absolute atomic E-state index is 0.0633. The van der Waals surface area contributed by atoms with Crippen LogP contribution in [0.15, 0.2) is 41.3 Å². The summed E-state index contributed by atoms with van der Waals surface area (Å²) in [4.78, 5) is 14.0. The third kappa shape index (κ3) is 3.98. The van der Waals surface area contributed by atoms with E-state index < -0.39 is 10.0 Å². The summed E-state index contributed by atoms with van der Waals surface area (Å²) in [6.45, 7) is 8.45. The zero-order valence-electron chi connectivity index (χ0n) is 17.0. The first-order chi connectivity index (χ1) is 13.3. The smallest absolute Gasteiger partial charge is 0.241 e. The summed E-state index contributed by atoms with van der Waals surface area (Å²) in [5.41, 5.74) is 4.97. The van der Waals surface area contributed by atoms with Gasteiger partial charge in [-0.1, -0.05) is 37.6 Å². The summed E-state index contributed by atoms with van der Waals surface area (Å²) in [5, 5.41) is 0. The fourth-order valence-corrected chi connectivity index (χ4v) is 5.18. The van der Waals surface area contributed by atoms with E-state index in [1.807, 2.05) is 39.8 Å². The molecule has 1 heterocycles. The lowest BCUT2D eigenvalue weighted by Gasteiger charge is -2.20. The van der Waals surface area contributed by atoms with Gasteiger partial charge in [-0.05, 0) is 61.6 Å². The van der Waals surface area contributed by atoms with Crippen LogP contribution < -0.4 is 9.62 Å². The molecule has 0 saturated heterocycles. The fourth-order valence-electron chi connectivity index (χ4n) is 3.83. The molecule has 1 atom stereocenters. The van der Waals surface area contributed by atoms with Crippen molar-refractivity contribution in [1.29, 1.82) is 0 Å². The predicted octanol–water partition coefficient (Wildman–Crippen LogP) is 4.03. The van der Waals surface area contributed by atoms with E-state index >= 15 is 0 Å². The third-order valence-corrected chi connectivity index (χ3v) is 6.84. The van der Waals surface area contributed by atoms with Crippen LogP contribution >= 0.6 is 0 Å². The van der Waals surface area contributed by atoms with Crippen LogP contribution in [0.1, 0.15) is 55.0 Å². The zero-order chi connectivity index (χ0) is 20.5. The highest BCUT2D eigenvalue weighted by Gasteiger charge is 2.27. The highest BCUT2D eigenvalue weighted by Crippen LogP contribution is 2.31. The van der Waals surface area contributed by atoms with Crippen molar-refractivity contribution in [3.8, 4) is 0 Å². The molecule has 0 aromatic heterocycles. The molecule has 5 nitrogen and oxygen atoms in total. The van der Waals surface area contributed by atoms with Gasteiger partial charge in [0, 0.05) is 24.7 Å². The van der Waals surface area contributed by atoms with Crippen LogP contribution in [0.25, 0.3) is 0 Å². The molecule has 0 bridgehead atoms. The lowest BCUT2D eigenvalue weighted by atomic mass is 9.98. The average Bonchev–Trinajstić information content (AvgIpc) is 3.09. The number of fused-ring (bicyclic) bond motifs is 1. The van der Waals surface area contributed by atoms with Crippen LogP contribution in [0.4, 0.5) is 5.69 Å². The van der Waals surface area contributed by atoms with E-state index in [4.69, 9.17) is 0 Å². The third-order valence-electron chi connectivity index (χ3n) is 5.37. The SMILES string of the molecule is CCC(=O)N1CCc2cc(S(=O)(=O)NC(CC)c3ccc(C)cc3C)ccc21. The van der Waals surface area contributed by atoms with Crippen molar-refractivity contribution >= 4 is 21.6 Å². The summed E-state index contributed by atoms with van der Waals surface area (Å²) in [5.74, 6) is 0.0633. The van der Waals surface area contributed by atoms with Gasteiger partial charge < -0.3 is 4.90 Å². The Labute approximate surface area is 167 Å². The van der Waals surface area contributed by atoms with Crippen molar-refractivity contribution in [3.05, 3.63) is 58.7 Å². The second-order valence-electron chi connectivity index (χ2n) is 7.38. The van der Waals surface area contributed by atoms with Gasteiger partial charge in [0.2, 0.25) is 15.9 Å². The van der Waals surface area contributed by atoms with E-state index in [2.05, 4.69) is 10.8 Å². The molecule has 150 valence electrons. The molecule has 0 spiro atoms. The molecule has 0 fully saturated rings. The summed E-state index contributed by atoms with van der Waals surface area (Å²) < 4.78 is 28.9. The molecule has 28 heavy (non-hydrogen) atoms. The van der Waals surface area contributed by atoms with Gasteiger partial charge in [0.05, 0.1) is 4.90 Å². The maximum absolute atomic E-state index is 13.0. The van der Waals surface area contributed by atoms with Crippen molar-refractivity contribution in [2.24, 2.45) is 0 Å². The van der Waals surface area contributed by atoms with E-state index in [0.29, 0.717) is 25.8 Å². The molecule has 2 aromatic carbocycles. The molecule has 0 aliphatic carbocycles. The van der Waals surface area contributed by atoms with E-state index in [-0.39, 0.29) is 16.8 Å². The van der Waals surface area contributed by atoms with Gasteiger partial charge in [-0.2, -0.15) is 0 Å². The highest BCUT2D eigenvalue weighted by atomic mass is 32.2. The number of hydrogen-bond acceptors (Lipinski definition) is 3. The first-order valence-electron chi connectivity index (χ1n) is 9.79. The maximum Gasteiger partial charge on any atom is 0.241 e. The molecule has 1 aliphatic heterocycles. The van der Waals surface area contributed by atoms with Gasteiger partial charge in [0.15, 0.2) is 0 Å². The van der Waals surface area contributed by atoms with E-state index in [9.17, 15) is 13.2 Å². The molecule has 1 amide bonds. The Morgan fingerprint density at radius 1 is 1.14 bits per heavy atom. The second kappa shape index (κ2) is 8.05. The molecule has 0 saturated carbocycles. The maximum atomic E-state index is 13.0. The van der Waals surface area contributed by atoms with Crippen LogP contribution in [0.2, 0.25) is 0 Å². The van der Waals surface area contributed by atoms with Crippen molar-refractivity contribution in [3.63, 3.8) is 0 Å². The lowest BCUT2D eigenvalue weighted by Crippen LogP contribution is -2.29. The number of benzene rings is 2. The number of carbonyl (C=O) groups is 1. The van der Waals surface area contributed by atoms with Crippen LogP contribution in [0.3, 0.4) is 0 Å². The first kappa shape index (κ1) is 20.6. The summed E-state index contributed by atoms with van der Waals surface area (Å²) >= 11 is 0. The largest absolute Gasteiger partial charge is 0.312 e. The molecule has 2 aromatic rings. The average molecular weight is 401 g/mol. The number of nitrogens with one attached hydrogen (secondary N) is 1. The van der Waals surface area contributed by atoms with Gasteiger partial charge >= 0.3 is 0 Å². The van der Waals surface area contributed by atoms with Gasteiger partial charge in [0.1, 0.15) is 0 Å². The minimum atomic E-state index is -3.66. The number of sulfonamides is 1. The Morgan fingerprint density at radius 3 is 2.54 bits per heavy atom. The molecule has 0 radical (unpaired) electrons. The van der Waals surface area contributed by atoms with Crippen molar-refractivity contribution < 1.29 is 13.2 Å². The number of hydrogen-bond donors (Lipinski definition) is 1. The number of rotatable bonds is 6. The van der Waals surface area contributed by atoms with Crippen LogP contribution in [-0.4, -0.2) is 20.9 Å². The van der Waals surface area contributed by atoms with E-state index in [1.54, 1.807) is 23.1 Å². The Bertz CT molecular complexity index is 999. The van der Waals surface area contributed by atoms with Crippen molar-refractivity contribution in [2.45, 2.75) is 57.9 Å². The summed E-state index contributed by atoms with van der Waals surface area (Å²) in [7, 11) is -3.66. The van der Waals surface area contributed by atoms with Crippen molar-refractivity contribution in [1.82, 2.24) is 4.72 Å². The number of carbonyl (C=O) groups excluding carboxylic acids is 1. The Morgan fingerprint density at radius 2 is 1.89 bits per heavy atom. The van der Waals surface area contributed by atoms with Crippen molar-refractivity contribution in [2.75, 3.05) is 11.4 Å². The molecular weight excluding hydrogens is 372 g/mol. The quantitative estimate of drug-likeness (QED) is 0.796. The zero-order valence-corrected chi connectivity index (χ0v) is 17.8. The lowest BCUT2D eigenvalue weighted by molar-refractivity contribution is -0.118. The molecule has 3 rings (SSSR count). The molecule has 1 N–H and O–H groups in total. The monoisotopic (exact) mass is 400 g/mol. The number of amides is 1. The van der Waals surface area contributed by atoms with E-state index in [1.165, 1.54) is 0 Å². The number of anilines is 1. The predicted molar refractivity (Wildman–Crippen MR) is 112 cm³/mol. The number of aryl methyl sites for hydroxylation is 2. The Balaban J connectivity index is 1.88. The van der Waals surface area contributed by atoms with Gasteiger partial charge in [-0.25, -0.2) is 13.1 Å². The molecule has 6 heteroatoms. The van der Waals surface area contributed by atoms with Gasteiger partial charge in [-0.15, -0.1) is 0 Å². The minimum Gasteiger partial charge on any atom is -0.312 e. The van der Waals surface area contributed by atoms with Crippen LogP contribution in [-0.2, 0) is 21.2 Å². The van der Waals surface area contributed by atoms with Gasteiger partial charge in [-0.3, -0.25) is 4.79 Å².